The molecule has 1 heterocycles. The highest BCUT2D eigenvalue weighted by molar-refractivity contribution is 5.23. The summed E-state index contributed by atoms with van der Waals surface area (Å²) in [5.41, 5.74) is 0.384. The van der Waals surface area contributed by atoms with Crippen molar-refractivity contribution in [2.45, 2.75) is 25.5 Å². The lowest BCUT2D eigenvalue weighted by Gasteiger charge is -2.23. The molecule has 3 atom stereocenters. The first kappa shape index (κ1) is 12.5. The van der Waals surface area contributed by atoms with Crippen molar-refractivity contribution in [3.05, 3.63) is 35.4 Å². The van der Waals surface area contributed by atoms with Crippen LogP contribution in [0.2, 0.25) is 0 Å². The summed E-state index contributed by atoms with van der Waals surface area (Å²) in [6.45, 7) is 2.58. The zero-order valence-corrected chi connectivity index (χ0v) is 10.0. The van der Waals surface area contributed by atoms with E-state index >= 15 is 0 Å². The minimum atomic E-state index is -0.797. The van der Waals surface area contributed by atoms with Crippen molar-refractivity contribution in [3.63, 3.8) is 0 Å². The van der Waals surface area contributed by atoms with Gasteiger partial charge in [0.2, 0.25) is 0 Å². The standard InChI is InChI=1S/C13H17F2NO/c1-8-6-9(7-17-8)13(16-2)10-4-3-5-11(14)12(10)15/h3-5,8-9,13,16H,6-7H2,1-2H3. The van der Waals surface area contributed by atoms with Crippen LogP contribution in [-0.2, 0) is 4.74 Å². The fourth-order valence-electron chi connectivity index (χ4n) is 2.49. The first-order chi connectivity index (χ1) is 8.13. The predicted octanol–water partition coefficient (Wildman–Crippen LogP) is 2.65. The smallest absolute Gasteiger partial charge is 0.163 e. The third-order valence-electron chi connectivity index (χ3n) is 3.33. The number of rotatable bonds is 3. The molecule has 2 rings (SSSR count). The molecule has 94 valence electrons. The van der Waals surface area contributed by atoms with Gasteiger partial charge in [-0.1, -0.05) is 12.1 Å². The molecule has 0 aromatic heterocycles. The van der Waals surface area contributed by atoms with E-state index in [0.717, 1.165) is 12.5 Å². The topological polar surface area (TPSA) is 21.3 Å². The average molecular weight is 241 g/mol. The molecule has 17 heavy (non-hydrogen) atoms. The number of ether oxygens (including phenoxy) is 1. The molecule has 1 aromatic carbocycles. The van der Waals surface area contributed by atoms with Crippen LogP contribution in [0, 0.1) is 17.6 Å². The summed E-state index contributed by atoms with van der Waals surface area (Å²) < 4.78 is 32.4. The molecule has 2 nitrogen and oxygen atoms in total. The van der Waals surface area contributed by atoms with Gasteiger partial charge in [-0.05, 0) is 26.5 Å². The highest BCUT2D eigenvalue weighted by Gasteiger charge is 2.31. The summed E-state index contributed by atoms with van der Waals surface area (Å²) in [7, 11) is 1.76. The maximum Gasteiger partial charge on any atom is 0.163 e. The molecule has 1 fully saturated rings. The van der Waals surface area contributed by atoms with Gasteiger partial charge >= 0.3 is 0 Å². The lowest BCUT2D eigenvalue weighted by Crippen LogP contribution is -2.27. The van der Waals surface area contributed by atoms with E-state index in [0.29, 0.717) is 12.2 Å². The summed E-state index contributed by atoms with van der Waals surface area (Å²) in [6, 6.07) is 4.11. The van der Waals surface area contributed by atoms with Crippen LogP contribution in [0.3, 0.4) is 0 Å². The van der Waals surface area contributed by atoms with Crippen LogP contribution in [0.15, 0.2) is 18.2 Å². The Morgan fingerprint density at radius 3 is 2.76 bits per heavy atom. The second kappa shape index (κ2) is 5.10. The Morgan fingerprint density at radius 1 is 1.41 bits per heavy atom. The molecule has 0 amide bonds. The van der Waals surface area contributed by atoms with Crippen molar-refractivity contribution in [2.24, 2.45) is 5.92 Å². The van der Waals surface area contributed by atoms with Crippen LogP contribution in [0.25, 0.3) is 0 Å². The molecule has 1 aliphatic rings. The number of hydrogen-bond acceptors (Lipinski definition) is 2. The fourth-order valence-corrected chi connectivity index (χ4v) is 2.49. The Labute approximate surface area is 100.0 Å². The van der Waals surface area contributed by atoms with Gasteiger partial charge in [-0.15, -0.1) is 0 Å². The van der Waals surface area contributed by atoms with Crippen LogP contribution < -0.4 is 5.32 Å². The first-order valence-corrected chi connectivity index (χ1v) is 5.86. The van der Waals surface area contributed by atoms with Crippen LogP contribution >= 0.6 is 0 Å². The summed E-state index contributed by atoms with van der Waals surface area (Å²) in [6.07, 6.45) is 1.05. The minimum Gasteiger partial charge on any atom is -0.378 e. The van der Waals surface area contributed by atoms with E-state index < -0.39 is 11.6 Å². The van der Waals surface area contributed by atoms with Gasteiger partial charge in [0.15, 0.2) is 11.6 Å². The van der Waals surface area contributed by atoms with E-state index in [1.54, 1.807) is 13.1 Å². The predicted molar refractivity (Wildman–Crippen MR) is 61.7 cm³/mol. The number of hydrogen-bond donors (Lipinski definition) is 1. The Balaban J connectivity index is 2.26. The van der Waals surface area contributed by atoms with Crippen LogP contribution in [-0.4, -0.2) is 19.8 Å². The molecule has 0 radical (unpaired) electrons. The average Bonchev–Trinajstić information content (AvgIpc) is 2.72. The second-order valence-electron chi connectivity index (χ2n) is 4.55. The van der Waals surface area contributed by atoms with Gasteiger partial charge in [-0.25, -0.2) is 8.78 Å². The summed E-state index contributed by atoms with van der Waals surface area (Å²) in [4.78, 5) is 0. The molecule has 1 N–H and O–H groups in total. The van der Waals surface area contributed by atoms with Gasteiger partial charge in [0.25, 0.3) is 0 Å². The zero-order valence-electron chi connectivity index (χ0n) is 10.0. The van der Waals surface area contributed by atoms with Crippen molar-refractivity contribution in [1.29, 1.82) is 0 Å². The van der Waals surface area contributed by atoms with Crippen molar-refractivity contribution in [3.8, 4) is 0 Å². The molecule has 1 aliphatic heterocycles. The molecule has 0 spiro atoms. The first-order valence-electron chi connectivity index (χ1n) is 5.86. The Kier molecular flexibility index (Phi) is 3.74. The lowest BCUT2D eigenvalue weighted by molar-refractivity contribution is 0.117. The molecule has 4 heteroatoms. The molecule has 0 aliphatic carbocycles. The highest BCUT2D eigenvalue weighted by Crippen LogP contribution is 2.33. The van der Waals surface area contributed by atoms with E-state index in [1.165, 1.54) is 6.07 Å². The van der Waals surface area contributed by atoms with E-state index in [1.807, 2.05) is 6.92 Å². The van der Waals surface area contributed by atoms with Crippen molar-refractivity contribution in [1.82, 2.24) is 5.32 Å². The molecule has 1 aromatic rings. The van der Waals surface area contributed by atoms with Gasteiger partial charge in [0.1, 0.15) is 0 Å². The van der Waals surface area contributed by atoms with Gasteiger partial charge in [0.05, 0.1) is 12.7 Å². The molecule has 3 unspecified atom stereocenters. The minimum absolute atomic E-state index is 0.186. The summed E-state index contributed by atoms with van der Waals surface area (Å²) in [5.74, 6) is -1.37. The van der Waals surface area contributed by atoms with Gasteiger partial charge in [-0.2, -0.15) is 0 Å². The Hall–Kier alpha value is -1.00. The van der Waals surface area contributed by atoms with E-state index in [4.69, 9.17) is 4.74 Å². The highest BCUT2D eigenvalue weighted by atomic mass is 19.2. The number of benzene rings is 1. The van der Waals surface area contributed by atoms with Crippen molar-refractivity contribution < 1.29 is 13.5 Å². The van der Waals surface area contributed by atoms with Crippen molar-refractivity contribution in [2.75, 3.05) is 13.7 Å². The van der Waals surface area contributed by atoms with Crippen LogP contribution in [0.5, 0.6) is 0 Å². The third-order valence-corrected chi connectivity index (χ3v) is 3.33. The molecular weight excluding hydrogens is 224 g/mol. The Bertz CT molecular complexity index is 397. The van der Waals surface area contributed by atoms with E-state index in [2.05, 4.69) is 5.32 Å². The summed E-state index contributed by atoms with van der Waals surface area (Å²) >= 11 is 0. The molecule has 0 bridgehead atoms. The molecule has 1 saturated heterocycles. The normalized spacial score (nSPS) is 26.1. The molecule has 0 saturated carbocycles. The maximum atomic E-state index is 13.7. The SMILES string of the molecule is CNC(c1cccc(F)c1F)C1COC(C)C1. The largest absolute Gasteiger partial charge is 0.378 e. The fraction of sp³-hybridized carbons (Fsp3) is 0.538. The molecular formula is C13H17F2NO. The van der Waals surface area contributed by atoms with Gasteiger partial charge in [-0.3, -0.25) is 0 Å². The number of nitrogens with one attached hydrogen (secondary N) is 1. The third kappa shape index (κ3) is 2.48. The summed E-state index contributed by atoms with van der Waals surface area (Å²) in [5, 5.41) is 3.06. The monoisotopic (exact) mass is 241 g/mol. The van der Waals surface area contributed by atoms with Gasteiger partial charge < -0.3 is 10.1 Å². The maximum absolute atomic E-state index is 13.7. The van der Waals surface area contributed by atoms with Crippen LogP contribution in [0.4, 0.5) is 8.78 Å². The van der Waals surface area contributed by atoms with Crippen LogP contribution in [0.1, 0.15) is 24.9 Å². The van der Waals surface area contributed by atoms with Gasteiger partial charge in [0, 0.05) is 17.5 Å². The number of halogens is 2. The Morgan fingerprint density at radius 2 is 2.18 bits per heavy atom. The van der Waals surface area contributed by atoms with E-state index in [-0.39, 0.29) is 18.1 Å². The zero-order chi connectivity index (χ0) is 12.4. The lowest BCUT2D eigenvalue weighted by atomic mass is 9.91. The van der Waals surface area contributed by atoms with E-state index in [9.17, 15) is 8.78 Å². The second-order valence-corrected chi connectivity index (χ2v) is 4.55. The van der Waals surface area contributed by atoms with Crippen molar-refractivity contribution >= 4 is 0 Å². The quantitative estimate of drug-likeness (QED) is 0.878.